The van der Waals surface area contributed by atoms with E-state index < -0.39 is 12.1 Å². The number of imide groups is 1. The molecule has 2 N–H and O–H groups in total. The topological polar surface area (TPSA) is 81.8 Å². The Hall–Kier alpha value is -2.12. The molecule has 0 aliphatic carbocycles. The van der Waals surface area contributed by atoms with Crippen LogP contribution in [0.15, 0.2) is 24.3 Å². The number of carbonyl (C=O) groups excluding carboxylic acids is 3. The van der Waals surface area contributed by atoms with Crippen molar-refractivity contribution in [1.82, 2.24) is 15.5 Å². The van der Waals surface area contributed by atoms with Crippen LogP contribution in [0.5, 0.6) is 0 Å². The van der Waals surface area contributed by atoms with Crippen LogP contribution in [0, 0.1) is 0 Å². The third kappa shape index (κ3) is 3.68. The van der Waals surface area contributed by atoms with Gasteiger partial charge in [0.1, 0.15) is 6.04 Å². The van der Waals surface area contributed by atoms with E-state index in [9.17, 15) is 14.4 Å². The average molecular weight is 379 g/mol. The highest BCUT2D eigenvalue weighted by molar-refractivity contribution is 6.30. The number of amides is 4. The van der Waals surface area contributed by atoms with Crippen LogP contribution in [0.25, 0.3) is 0 Å². The molecule has 0 radical (unpaired) electrons. The SMILES string of the molecule is CC1NCCN(C(=O)CCC2NC(=O)N(c3ccc(Cl)cc3)C2=O)C1C. The Labute approximate surface area is 157 Å². The van der Waals surface area contributed by atoms with E-state index in [1.807, 2.05) is 11.8 Å². The Kier molecular flexibility index (Phi) is 5.48. The number of nitrogens with zero attached hydrogens (tertiary/aromatic N) is 2. The molecule has 2 aliphatic heterocycles. The number of anilines is 1. The lowest BCUT2D eigenvalue weighted by atomic mass is 10.0. The summed E-state index contributed by atoms with van der Waals surface area (Å²) < 4.78 is 0. The van der Waals surface area contributed by atoms with Gasteiger partial charge in [-0.1, -0.05) is 11.6 Å². The molecular weight excluding hydrogens is 356 g/mol. The molecule has 0 bridgehead atoms. The predicted octanol–water partition coefficient (Wildman–Crippen LogP) is 1.75. The normalized spacial score (nSPS) is 26.2. The Balaban J connectivity index is 1.60. The van der Waals surface area contributed by atoms with Crippen LogP contribution in [-0.4, -0.2) is 54.0 Å². The lowest BCUT2D eigenvalue weighted by Gasteiger charge is -2.38. The summed E-state index contributed by atoms with van der Waals surface area (Å²) in [7, 11) is 0. The van der Waals surface area contributed by atoms with Crippen LogP contribution in [0.1, 0.15) is 26.7 Å². The summed E-state index contributed by atoms with van der Waals surface area (Å²) in [5, 5.41) is 6.53. The van der Waals surface area contributed by atoms with E-state index in [0.29, 0.717) is 23.7 Å². The van der Waals surface area contributed by atoms with Crippen molar-refractivity contribution in [3.8, 4) is 0 Å². The number of carbonyl (C=O) groups is 3. The first-order valence-corrected chi connectivity index (χ1v) is 9.19. The van der Waals surface area contributed by atoms with E-state index in [-0.39, 0.29) is 30.3 Å². The quantitative estimate of drug-likeness (QED) is 0.782. The number of nitrogens with one attached hydrogen (secondary N) is 2. The number of halogens is 1. The van der Waals surface area contributed by atoms with Crippen molar-refractivity contribution in [3.05, 3.63) is 29.3 Å². The summed E-state index contributed by atoms with van der Waals surface area (Å²) in [6.07, 6.45) is 0.515. The molecule has 2 heterocycles. The van der Waals surface area contributed by atoms with Crippen molar-refractivity contribution in [2.24, 2.45) is 0 Å². The second kappa shape index (κ2) is 7.63. The van der Waals surface area contributed by atoms with Gasteiger partial charge < -0.3 is 15.5 Å². The summed E-state index contributed by atoms with van der Waals surface area (Å²) in [6, 6.07) is 5.69. The minimum Gasteiger partial charge on any atom is -0.337 e. The van der Waals surface area contributed by atoms with Gasteiger partial charge >= 0.3 is 6.03 Å². The summed E-state index contributed by atoms with van der Waals surface area (Å²) in [5.74, 6) is -0.329. The molecule has 2 fully saturated rings. The number of hydrogen-bond acceptors (Lipinski definition) is 4. The molecule has 1 aromatic carbocycles. The van der Waals surface area contributed by atoms with Gasteiger partial charge in [-0.2, -0.15) is 0 Å². The van der Waals surface area contributed by atoms with Gasteiger partial charge in [-0.05, 0) is 44.5 Å². The van der Waals surface area contributed by atoms with Gasteiger partial charge in [0.25, 0.3) is 5.91 Å². The van der Waals surface area contributed by atoms with E-state index in [1.54, 1.807) is 24.3 Å². The van der Waals surface area contributed by atoms with Crippen molar-refractivity contribution in [1.29, 1.82) is 0 Å². The van der Waals surface area contributed by atoms with Gasteiger partial charge in [0, 0.05) is 36.6 Å². The maximum absolute atomic E-state index is 12.6. The molecule has 7 nitrogen and oxygen atoms in total. The van der Waals surface area contributed by atoms with Crippen LogP contribution in [0.2, 0.25) is 5.02 Å². The number of rotatable bonds is 4. The fourth-order valence-electron chi connectivity index (χ4n) is 3.38. The first kappa shape index (κ1) is 18.7. The maximum atomic E-state index is 12.6. The molecule has 2 aliphatic rings. The zero-order chi connectivity index (χ0) is 18.8. The fourth-order valence-corrected chi connectivity index (χ4v) is 3.51. The van der Waals surface area contributed by atoms with Crippen LogP contribution in [0.4, 0.5) is 10.5 Å². The highest BCUT2D eigenvalue weighted by Gasteiger charge is 2.39. The summed E-state index contributed by atoms with van der Waals surface area (Å²) in [5.41, 5.74) is 0.468. The van der Waals surface area contributed by atoms with Gasteiger partial charge in [-0.3, -0.25) is 9.59 Å². The molecule has 0 spiro atoms. The summed E-state index contributed by atoms with van der Waals surface area (Å²) >= 11 is 5.85. The number of piperazine rings is 1. The molecule has 2 saturated heterocycles. The Morgan fingerprint density at radius 3 is 2.62 bits per heavy atom. The molecule has 0 aromatic heterocycles. The minimum absolute atomic E-state index is 0.0119. The van der Waals surface area contributed by atoms with E-state index >= 15 is 0 Å². The van der Waals surface area contributed by atoms with Crippen molar-refractivity contribution in [2.75, 3.05) is 18.0 Å². The van der Waals surface area contributed by atoms with Crippen LogP contribution in [-0.2, 0) is 9.59 Å². The zero-order valence-corrected chi connectivity index (χ0v) is 15.6. The molecule has 26 heavy (non-hydrogen) atoms. The summed E-state index contributed by atoms with van der Waals surface area (Å²) in [4.78, 5) is 40.2. The molecule has 8 heteroatoms. The average Bonchev–Trinajstić information content (AvgIpc) is 2.90. The van der Waals surface area contributed by atoms with Gasteiger partial charge in [-0.15, -0.1) is 0 Å². The Morgan fingerprint density at radius 1 is 1.23 bits per heavy atom. The molecule has 3 rings (SSSR count). The van der Waals surface area contributed by atoms with E-state index in [0.717, 1.165) is 11.4 Å². The van der Waals surface area contributed by atoms with E-state index in [1.165, 1.54) is 0 Å². The first-order chi connectivity index (χ1) is 12.4. The van der Waals surface area contributed by atoms with Gasteiger partial charge in [0.15, 0.2) is 0 Å². The van der Waals surface area contributed by atoms with Gasteiger partial charge in [0.2, 0.25) is 5.91 Å². The lowest BCUT2D eigenvalue weighted by molar-refractivity contribution is -0.135. The maximum Gasteiger partial charge on any atom is 0.329 e. The van der Waals surface area contributed by atoms with Crippen molar-refractivity contribution in [3.63, 3.8) is 0 Å². The molecular formula is C18H23ClN4O3. The van der Waals surface area contributed by atoms with Crippen LogP contribution >= 0.6 is 11.6 Å². The molecule has 0 saturated carbocycles. The third-order valence-electron chi connectivity index (χ3n) is 5.11. The molecule has 3 unspecified atom stereocenters. The molecule has 4 amide bonds. The fraction of sp³-hybridized carbons (Fsp3) is 0.500. The zero-order valence-electron chi connectivity index (χ0n) is 14.9. The summed E-state index contributed by atoms with van der Waals surface area (Å²) in [6.45, 7) is 5.49. The van der Waals surface area contributed by atoms with Crippen molar-refractivity contribution >= 4 is 35.1 Å². The predicted molar refractivity (Wildman–Crippen MR) is 99.1 cm³/mol. The molecule has 3 atom stereocenters. The number of urea groups is 1. The number of hydrogen-bond donors (Lipinski definition) is 2. The standard InChI is InChI=1S/C18H23ClN4O3/c1-11-12(2)22(10-9-20-11)16(24)8-7-15-17(25)23(18(26)21-15)14-5-3-13(19)4-6-14/h3-6,11-12,15,20H,7-10H2,1-2H3,(H,21,26). The monoisotopic (exact) mass is 378 g/mol. The molecule has 1 aromatic rings. The van der Waals surface area contributed by atoms with Crippen molar-refractivity contribution in [2.45, 2.75) is 44.8 Å². The van der Waals surface area contributed by atoms with E-state index in [2.05, 4.69) is 17.6 Å². The Morgan fingerprint density at radius 2 is 1.92 bits per heavy atom. The second-order valence-electron chi connectivity index (χ2n) is 6.76. The lowest BCUT2D eigenvalue weighted by Crippen LogP contribution is -2.57. The van der Waals surface area contributed by atoms with E-state index in [4.69, 9.17) is 11.6 Å². The smallest absolute Gasteiger partial charge is 0.329 e. The number of benzene rings is 1. The van der Waals surface area contributed by atoms with Crippen molar-refractivity contribution < 1.29 is 14.4 Å². The van der Waals surface area contributed by atoms with Crippen LogP contribution < -0.4 is 15.5 Å². The first-order valence-electron chi connectivity index (χ1n) is 8.81. The van der Waals surface area contributed by atoms with Crippen LogP contribution in [0.3, 0.4) is 0 Å². The highest BCUT2D eigenvalue weighted by Crippen LogP contribution is 2.23. The van der Waals surface area contributed by atoms with Gasteiger partial charge in [-0.25, -0.2) is 9.69 Å². The molecule has 140 valence electrons. The largest absolute Gasteiger partial charge is 0.337 e. The highest BCUT2D eigenvalue weighted by atomic mass is 35.5. The van der Waals surface area contributed by atoms with Gasteiger partial charge in [0.05, 0.1) is 5.69 Å². The minimum atomic E-state index is -0.683. The third-order valence-corrected chi connectivity index (χ3v) is 5.36. The Bertz CT molecular complexity index is 709. The second-order valence-corrected chi connectivity index (χ2v) is 7.20.